The highest BCUT2D eigenvalue weighted by atomic mass is 16.6. The maximum Gasteiger partial charge on any atom is 0.324 e. The molecule has 2 aliphatic heterocycles. The lowest BCUT2D eigenvalue weighted by Gasteiger charge is -2.33. The van der Waals surface area contributed by atoms with Crippen molar-refractivity contribution in [3.63, 3.8) is 0 Å². The zero-order valence-electron chi connectivity index (χ0n) is 33.1. The topological polar surface area (TPSA) is 58.9 Å². The number of allylic oxidation sites excluding steroid dienone is 8. The third-order valence-corrected chi connectivity index (χ3v) is 11.8. The fourth-order valence-electron chi connectivity index (χ4n) is 9.35. The van der Waals surface area contributed by atoms with E-state index in [4.69, 9.17) is 9.47 Å². The molecule has 0 aromatic heterocycles. The molecule has 1 aliphatic carbocycles. The number of likely N-dealkylation sites (N-methyl/N-ethyl adjacent to an activating group) is 1. The molecule has 4 aromatic carbocycles. The van der Waals surface area contributed by atoms with Crippen LogP contribution >= 0.6 is 0 Å². The highest BCUT2D eigenvalue weighted by molar-refractivity contribution is 6.08. The molecular formula is C48H53N2O4+. The number of hydrogen-bond acceptors (Lipinski definition) is 5. The number of nitrogens with zero attached hydrogens (tertiary/aromatic N) is 2. The van der Waals surface area contributed by atoms with Gasteiger partial charge in [0.1, 0.15) is 6.54 Å². The summed E-state index contributed by atoms with van der Waals surface area (Å²) < 4.78 is 13.7. The van der Waals surface area contributed by atoms with Crippen LogP contribution in [0.2, 0.25) is 0 Å². The molecule has 2 heterocycles. The molecule has 0 N–H and O–H groups in total. The summed E-state index contributed by atoms with van der Waals surface area (Å²) in [7, 11) is 0. The van der Waals surface area contributed by atoms with E-state index in [1.54, 1.807) is 13.8 Å². The van der Waals surface area contributed by atoms with Crippen LogP contribution in [0.25, 0.3) is 21.5 Å². The van der Waals surface area contributed by atoms with Gasteiger partial charge < -0.3 is 14.4 Å². The Kier molecular flexibility index (Phi) is 9.76. The van der Waals surface area contributed by atoms with E-state index < -0.39 is 17.4 Å². The van der Waals surface area contributed by atoms with Crippen molar-refractivity contribution < 1.29 is 23.6 Å². The fraction of sp³-hybridized carbons (Fsp3) is 0.354. The first kappa shape index (κ1) is 37.1. The Labute approximate surface area is 320 Å². The van der Waals surface area contributed by atoms with Gasteiger partial charge in [0, 0.05) is 41.1 Å². The summed E-state index contributed by atoms with van der Waals surface area (Å²) in [6.45, 7) is 19.0. The normalized spacial score (nSPS) is 19.9. The summed E-state index contributed by atoms with van der Waals surface area (Å²) in [4.78, 5) is 30.3. The predicted octanol–water partition coefficient (Wildman–Crippen LogP) is 10.4. The molecule has 0 unspecified atom stereocenters. The standard InChI is InChI=1S/C48H53N2O4/c1-9-49-38-25-23-34-17-13-15-19-36(34)42(38)46(5,6)40(49)27-21-32-29-33(31-48(30-32,44(51)53-11-3)45(52)54-12-4)22-28-41-47(7,8)43-37-20-16-14-18-35(37)24-26-39(43)50(41)10-2/h13-29H,9-12,30-31H2,1-8H3/q+1. The van der Waals surface area contributed by atoms with Crippen LogP contribution in [0.15, 0.2) is 120 Å². The quantitative estimate of drug-likeness (QED) is 0.0978. The Bertz CT molecular complexity index is 2320. The summed E-state index contributed by atoms with van der Waals surface area (Å²) in [6, 6.07) is 26.0. The molecule has 0 spiro atoms. The van der Waals surface area contributed by atoms with Gasteiger partial charge in [-0.2, -0.15) is 4.58 Å². The molecule has 0 fully saturated rings. The second-order valence-electron chi connectivity index (χ2n) is 15.7. The second-order valence-corrected chi connectivity index (χ2v) is 15.7. The van der Waals surface area contributed by atoms with Gasteiger partial charge in [0.05, 0.1) is 18.6 Å². The molecule has 6 nitrogen and oxygen atoms in total. The van der Waals surface area contributed by atoms with E-state index in [9.17, 15) is 9.59 Å². The molecule has 4 aromatic rings. The van der Waals surface area contributed by atoms with Crippen LogP contribution in [0.1, 0.15) is 79.4 Å². The molecule has 6 heteroatoms. The Morgan fingerprint density at radius 3 is 1.94 bits per heavy atom. The van der Waals surface area contributed by atoms with Crippen molar-refractivity contribution in [2.24, 2.45) is 5.41 Å². The first-order valence-electron chi connectivity index (χ1n) is 19.5. The van der Waals surface area contributed by atoms with Crippen LogP contribution in [-0.2, 0) is 29.9 Å². The van der Waals surface area contributed by atoms with Crippen LogP contribution in [0.3, 0.4) is 0 Å². The first-order valence-corrected chi connectivity index (χ1v) is 19.5. The molecule has 0 bridgehead atoms. The minimum absolute atomic E-state index is 0.174. The van der Waals surface area contributed by atoms with Gasteiger partial charge in [-0.3, -0.25) is 9.59 Å². The van der Waals surface area contributed by atoms with E-state index in [1.165, 1.54) is 55.5 Å². The Morgan fingerprint density at radius 2 is 1.33 bits per heavy atom. The molecule has 0 saturated carbocycles. The molecule has 3 aliphatic rings. The van der Waals surface area contributed by atoms with Gasteiger partial charge in [-0.1, -0.05) is 86.7 Å². The summed E-state index contributed by atoms with van der Waals surface area (Å²) in [6.07, 6.45) is 11.1. The lowest BCUT2D eigenvalue weighted by molar-refractivity contribution is -0.433. The first-order chi connectivity index (χ1) is 25.9. The number of carbonyl (C=O) groups excluding carboxylic acids is 2. The average Bonchev–Trinajstić information content (AvgIpc) is 3.54. The molecule has 0 amide bonds. The minimum Gasteiger partial charge on any atom is -0.465 e. The molecule has 0 saturated heterocycles. The summed E-state index contributed by atoms with van der Waals surface area (Å²) >= 11 is 0. The van der Waals surface area contributed by atoms with Gasteiger partial charge >= 0.3 is 11.9 Å². The number of benzene rings is 4. The molecule has 7 rings (SSSR count). The Balaban J connectivity index is 1.35. The van der Waals surface area contributed by atoms with Gasteiger partial charge in [0.2, 0.25) is 5.69 Å². The zero-order chi connectivity index (χ0) is 38.4. The Hall–Kier alpha value is -5.23. The predicted molar refractivity (Wildman–Crippen MR) is 221 cm³/mol. The number of esters is 2. The monoisotopic (exact) mass is 721 g/mol. The van der Waals surface area contributed by atoms with Crippen molar-refractivity contribution in [3.05, 3.63) is 131 Å². The van der Waals surface area contributed by atoms with Crippen molar-refractivity contribution in [2.75, 3.05) is 31.2 Å². The van der Waals surface area contributed by atoms with Crippen LogP contribution in [0, 0.1) is 5.41 Å². The fourth-order valence-corrected chi connectivity index (χ4v) is 9.35. The maximum absolute atomic E-state index is 14.0. The van der Waals surface area contributed by atoms with Crippen LogP contribution in [0.4, 0.5) is 11.4 Å². The lowest BCUT2D eigenvalue weighted by atomic mass is 9.71. The van der Waals surface area contributed by atoms with E-state index in [1.807, 2.05) is 0 Å². The molecule has 54 heavy (non-hydrogen) atoms. The van der Waals surface area contributed by atoms with Gasteiger partial charge in [-0.25, -0.2) is 0 Å². The van der Waals surface area contributed by atoms with Crippen LogP contribution < -0.4 is 4.90 Å². The summed E-state index contributed by atoms with van der Waals surface area (Å²) in [5.74, 6) is -1.08. The number of hydrogen-bond donors (Lipinski definition) is 0. The van der Waals surface area contributed by atoms with Crippen LogP contribution in [0.5, 0.6) is 0 Å². The van der Waals surface area contributed by atoms with Gasteiger partial charge in [0.25, 0.3) is 0 Å². The maximum atomic E-state index is 14.0. The van der Waals surface area contributed by atoms with E-state index in [0.29, 0.717) is 0 Å². The lowest BCUT2D eigenvalue weighted by Crippen LogP contribution is -2.44. The average molecular weight is 722 g/mol. The molecule has 278 valence electrons. The van der Waals surface area contributed by atoms with E-state index in [2.05, 4.69) is 154 Å². The van der Waals surface area contributed by atoms with E-state index in [0.717, 1.165) is 24.2 Å². The highest BCUT2D eigenvalue weighted by Gasteiger charge is 2.51. The number of ether oxygens (including phenoxy) is 2. The smallest absolute Gasteiger partial charge is 0.324 e. The van der Waals surface area contributed by atoms with Crippen molar-refractivity contribution in [2.45, 2.75) is 79.1 Å². The van der Waals surface area contributed by atoms with Crippen molar-refractivity contribution in [1.29, 1.82) is 0 Å². The van der Waals surface area contributed by atoms with Crippen molar-refractivity contribution in [3.8, 4) is 0 Å². The minimum atomic E-state index is -1.50. The summed E-state index contributed by atoms with van der Waals surface area (Å²) in [5, 5.41) is 4.96. The molecular weight excluding hydrogens is 669 g/mol. The van der Waals surface area contributed by atoms with Crippen molar-refractivity contribution >= 4 is 50.6 Å². The van der Waals surface area contributed by atoms with Crippen molar-refractivity contribution in [1.82, 2.24) is 0 Å². The van der Waals surface area contributed by atoms with Gasteiger partial charge in [-0.05, 0) is 111 Å². The van der Waals surface area contributed by atoms with E-state index >= 15 is 0 Å². The number of fused-ring (bicyclic) bond motifs is 6. The van der Waals surface area contributed by atoms with E-state index in [-0.39, 0.29) is 36.9 Å². The van der Waals surface area contributed by atoms with Gasteiger partial charge in [0.15, 0.2) is 11.1 Å². The molecule has 0 atom stereocenters. The van der Waals surface area contributed by atoms with Gasteiger partial charge in [-0.15, -0.1) is 0 Å². The summed E-state index contributed by atoms with van der Waals surface area (Å²) in [5.41, 5.74) is 7.08. The third-order valence-electron chi connectivity index (χ3n) is 11.8. The Morgan fingerprint density at radius 1 is 0.722 bits per heavy atom. The highest BCUT2D eigenvalue weighted by Crippen LogP contribution is 2.51. The zero-order valence-corrected chi connectivity index (χ0v) is 33.1. The number of rotatable bonds is 9. The number of anilines is 1. The van der Waals surface area contributed by atoms with Crippen LogP contribution in [-0.4, -0.2) is 48.5 Å². The molecule has 0 radical (unpaired) electrons. The number of carbonyl (C=O) groups is 2. The third kappa shape index (κ3) is 5.91. The second kappa shape index (κ2) is 14.2. The largest absolute Gasteiger partial charge is 0.465 e. The SMILES string of the molecule is CCOC(=O)C1(C(=O)OCC)CC(/C=C/C2=[N+](CC)c3ccc4ccccc4c3C2(C)C)=CC(=C/C=C2/N(CC)c3ccc4ccccc4c3C2(C)C)/C1.